The van der Waals surface area contributed by atoms with Gasteiger partial charge in [-0.1, -0.05) is 11.6 Å². The van der Waals surface area contributed by atoms with E-state index in [9.17, 15) is 14.4 Å². The number of hydrogen-bond donors (Lipinski definition) is 1. The highest BCUT2D eigenvalue weighted by Gasteiger charge is 2.25. The average Bonchev–Trinajstić information content (AvgIpc) is 2.82. The van der Waals surface area contributed by atoms with Gasteiger partial charge in [0.05, 0.1) is 37.9 Å². The van der Waals surface area contributed by atoms with Crippen molar-refractivity contribution in [1.29, 1.82) is 0 Å². The van der Waals surface area contributed by atoms with E-state index >= 15 is 0 Å². The molecule has 1 aromatic heterocycles. The molecule has 0 spiro atoms. The first-order chi connectivity index (χ1) is 15.9. The maximum absolute atomic E-state index is 12.1. The van der Waals surface area contributed by atoms with E-state index in [1.54, 1.807) is 42.5 Å². The first-order valence-electron chi connectivity index (χ1n) is 9.65. The molecule has 0 aliphatic carbocycles. The molecule has 10 nitrogen and oxygen atoms in total. The van der Waals surface area contributed by atoms with Gasteiger partial charge >= 0.3 is 11.9 Å². The zero-order chi connectivity index (χ0) is 23.8. The quantitative estimate of drug-likeness (QED) is 0.466. The smallest absolute Gasteiger partial charge is 0.328 e. The van der Waals surface area contributed by atoms with Gasteiger partial charge in [0, 0.05) is 5.02 Å². The maximum Gasteiger partial charge on any atom is 0.328 e. The number of rotatable bonds is 9. The van der Waals surface area contributed by atoms with Gasteiger partial charge in [-0.05, 0) is 42.5 Å². The number of ether oxygens (including phenoxy) is 4. The monoisotopic (exact) mass is 473 g/mol. The molecular formula is C22H20ClN3O7. The Morgan fingerprint density at radius 1 is 1.00 bits per heavy atom. The summed E-state index contributed by atoms with van der Waals surface area (Å²) in [5.41, 5.74) is 1.29. The van der Waals surface area contributed by atoms with E-state index in [1.165, 1.54) is 13.3 Å². The molecule has 0 radical (unpaired) electrons. The van der Waals surface area contributed by atoms with Crippen molar-refractivity contribution in [3.63, 3.8) is 0 Å². The number of carbonyl (C=O) groups excluding carboxylic acids is 3. The zero-order valence-electron chi connectivity index (χ0n) is 17.7. The molecule has 172 valence electrons. The van der Waals surface area contributed by atoms with Crippen molar-refractivity contribution in [1.82, 2.24) is 15.3 Å². The largest absolute Gasteiger partial charge is 0.484 e. The number of nitrogens with one attached hydrogen (secondary N) is 1. The molecule has 33 heavy (non-hydrogen) atoms. The Hall–Kier alpha value is -3.92. The normalized spacial score (nSPS) is 11.4. The Balaban J connectivity index is 1.54. The first-order valence-corrected chi connectivity index (χ1v) is 10.0. The summed E-state index contributed by atoms with van der Waals surface area (Å²) in [6.07, 6.45) is 1.13. The maximum atomic E-state index is 12.1. The predicted molar refractivity (Wildman–Crippen MR) is 117 cm³/mol. The number of fused-ring (bicyclic) bond motifs is 1. The summed E-state index contributed by atoms with van der Waals surface area (Å²) >= 11 is 5.94. The van der Waals surface area contributed by atoms with Crippen molar-refractivity contribution in [3.8, 4) is 17.4 Å². The SMILES string of the molecule is COC(=O)C[C@H](NC(=O)COc1ccc(Oc2cnc3cc(Cl)ccc3n2)cc1)C(=O)OC. The molecule has 3 aromatic rings. The average molecular weight is 474 g/mol. The molecule has 3 rings (SSSR count). The van der Waals surface area contributed by atoms with Crippen LogP contribution in [0.25, 0.3) is 11.0 Å². The number of carbonyl (C=O) groups is 3. The van der Waals surface area contributed by atoms with E-state index in [-0.39, 0.29) is 13.0 Å². The van der Waals surface area contributed by atoms with Crippen molar-refractivity contribution in [2.24, 2.45) is 0 Å². The van der Waals surface area contributed by atoms with Gasteiger partial charge < -0.3 is 24.3 Å². The summed E-state index contributed by atoms with van der Waals surface area (Å²) in [6, 6.07) is 10.5. The molecule has 0 aliphatic rings. The standard InChI is InChI=1S/C22H20ClN3O7/c1-30-21(28)10-18(22(29)31-2)25-19(27)12-32-14-4-6-15(7-5-14)33-20-11-24-17-9-13(23)3-8-16(17)26-20/h3-9,11,18H,10,12H2,1-2H3,(H,25,27)/t18-/m0/s1. The van der Waals surface area contributed by atoms with Crippen LogP contribution in [0.1, 0.15) is 6.42 Å². The molecule has 11 heteroatoms. The van der Waals surface area contributed by atoms with Crippen LogP contribution in [0, 0.1) is 0 Å². The molecule has 1 atom stereocenters. The van der Waals surface area contributed by atoms with Gasteiger partial charge in [-0.15, -0.1) is 0 Å². The molecule has 0 saturated heterocycles. The Morgan fingerprint density at radius 3 is 2.42 bits per heavy atom. The molecule has 2 aromatic carbocycles. The van der Waals surface area contributed by atoms with Crippen molar-refractivity contribution in [3.05, 3.63) is 53.7 Å². The van der Waals surface area contributed by atoms with Gasteiger partial charge in [-0.25, -0.2) is 14.8 Å². The molecule has 0 fully saturated rings. The van der Waals surface area contributed by atoms with Gasteiger partial charge in [0.25, 0.3) is 5.91 Å². The van der Waals surface area contributed by atoms with Gasteiger partial charge in [0.1, 0.15) is 17.5 Å². The Bertz CT molecular complexity index is 1150. The predicted octanol–water partition coefficient (Wildman–Crippen LogP) is 2.68. The minimum atomic E-state index is -1.17. The lowest BCUT2D eigenvalue weighted by Gasteiger charge is -2.15. The third-order valence-electron chi connectivity index (χ3n) is 4.32. The van der Waals surface area contributed by atoms with Crippen LogP contribution in [-0.4, -0.2) is 54.7 Å². The van der Waals surface area contributed by atoms with Crippen LogP contribution in [0.2, 0.25) is 5.02 Å². The highest BCUT2D eigenvalue weighted by molar-refractivity contribution is 6.31. The topological polar surface area (TPSA) is 126 Å². The fourth-order valence-electron chi connectivity index (χ4n) is 2.71. The van der Waals surface area contributed by atoms with Crippen LogP contribution in [0.3, 0.4) is 0 Å². The number of amides is 1. The summed E-state index contributed by atoms with van der Waals surface area (Å²) in [6.45, 7) is -0.381. The highest BCUT2D eigenvalue weighted by Crippen LogP contribution is 2.24. The number of hydrogen-bond acceptors (Lipinski definition) is 9. The minimum Gasteiger partial charge on any atom is -0.484 e. The van der Waals surface area contributed by atoms with E-state index in [4.69, 9.17) is 21.1 Å². The van der Waals surface area contributed by atoms with Gasteiger partial charge in [0.2, 0.25) is 5.88 Å². The van der Waals surface area contributed by atoms with Crippen LogP contribution in [0.15, 0.2) is 48.7 Å². The molecule has 1 amide bonds. The lowest BCUT2D eigenvalue weighted by Crippen LogP contribution is -2.44. The fourth-order valence-corrected chi connectivity index (χ4v) is 2.88. The number of nitrogens with zero attached hydrogens (tertiary/aromatic N) is 2. The van der Waals surface area contributed by atoms with Crippen LogP contribution >= 0.6 is 11.6 Å². The van der Waals surface area contributed by atoms with Crippen molar-refractivity contribution in [2.45, 2.75) is 12.5 Å². The lowest BCUT2D eigenvalue weighted by molar-refractivity contribution is -0.150. The van der Waals surface area contributed by atoms with Crippen LogP contribution < -0.4 is 14.8 Å². The summed E-state index contributed by atoms with van der Waals surface area (Å²) < 4.78 is 20.2. The number of esters is 2. The molecule has 1 heterocycles. The lowest BCUT2D eigenvalue weighted by atomic mass is 10.2. The summed E-state index contributed by atoms with van der Waals surface area (Å²) in [7, 11) is 2.33. The Labute approximate surface area is 193 Å². The van der Waals surface area contributed by atoms with E-state index in [0.29, 0.717) is 33.4 Å². The van der Waals surface area contributed by atoms with E-state index in [1.807, 2.05) is 0 Å². The van der Waals surface area contributed by atoms with Crippen molar-refractivity contribution < 1.29 is 33.3 Å². The number of benzene rings is 2. The van der Waals surface area contributed by atoms with E-state index < -0.39 is 23.9 Å². The molecular weight excluding hydrogens is 454 g/mol. The number of halogens is 1. The molecule has 1 N–H and O–H groups in total. The van der Waals surface area contributed by atoms with Gasteiger partial charge in [-0.2, -0.15) is 0 Å². The van der Waals surface area contributed by atoms with Gasteiger partial charge in [0.15, 0.2) is 6.61 Å². The fraction of sp³-hybridized carbons (Fsp3) is 0.227. The third-order valence-corrected chi connectivity index (χ3v) is 4.55. The summed E-state index contributed by atoms with van der Waals surface area (Å²) in [4.78, 5) is 43.9. The number of methoxy groups -OCH3 is 2. The second-order valence-corrected chi connectivity index (χ2v) is 7.06. The van der Waals surface area contributed by atoms with E-state index in [2.05, 4.69) is 24.8 Å². The van der Waals surface area contributed by atoms with Gasteiger partial charge in [-0.3, -0.25) is 9.59 Å². The minimum absolute atomic E-state index is 0.303. The molecule has 0 aliphatic heterocycles. The van der Waals surface area contributed by atoms with Crippen LogP contribution in [-0.2, 0) is 23.9 Å². The Kier molecular flexibility index (Phi) is 7.98. The summed E-state index contributed by atoms with van der Waals surface area (Å²) in [5.74, 6) is -0.867. The second-order valence-electron chi connectivity index (χ2n) is 6.63. The molecule has 0 unspecified atom stereocenters. The molecule has 0 bridgehead atoms. The highest BCUT2D eigenvalue weighted by atomic mass is 35.5. The van der Waals surface area contributed by atoms with Crippen molar-refractivity contribution >= 4 is 40.5 Å². The zero-order valence-corrected chi connectivity index (χ0v) is 18.5. The first kappa shape index (κ1) is 23.7. The third kappa shape index (κ3) is 6.78. The molecule has 0 saturated carbocycles. The second kappa shape index (κ2) is 11.1. The number of aromatic nitrogens is 2. The van der Waals surface area contributed by atoms with Crippen molar-refractivity contribution in [2.75, 3.05) is 20.8 Å². The Morgan fingerprint density at radius 2 is 1.73 bits per heavy atom. The summed E-state index contributed by atoms with van der Waals surface area (Å²) in [5, 5.41) is 2.95. The van der Waals surface area contributed by atoms with Crippen LogP contribution in [0.5, 0.6) is 17.4 Å². The van der Waals surface area contributed by atoms with E-state index in [0.717, 1.165) is 7.11 Å². The van der Waals surface area contributed by atoms with Crippen LogP contribution in [0.4, 0.5) is 0 Å².